The summed E-state index contributed by atoms with van der Waals surface area (Å²) in [7, 11) is 0. The van der Waals surface area contributed by atoms with Crippen molar-refractivity contribution in [2.75, 3.05) is 0 Å². The first-order valence-electron chi connectivity index (χ1n) is 11.9. The van der Waals surface area contributed by atoms with Crippen molar-refractivity contribution < 1.29 is 19.8 Å². The summed E-state index contributed by atoms with van der Waals surface area (Å²) in [6.45, 7) is 4.40. The van der Waals surface area contributed by atoms with Gasteiger partial charge in [-0.05, 0) is 32.1 Å². The van der Waals surface area contributed by atoms with Crippen molar-refractivity contribution >= 4 is 11.9 Å². The molecule has 0 amide bonds. The topological polar surface area (TPSA) is 80.3 Å². The lowest BCUT2D eigenvalue weighted by atomic mass is 9.74. The van der Waals surface area contributed by atoms with Crippen LogP contribution in [0.2, 0.25) is 0 Å². The Labute approximate surface area is 173 Å². The number of carbonyl (C=O) groups excluding carboxylic acids is 2. The standard InChI is InChI=1S/C24H46O4/c1-3-5-7-9-11-13-15-19-24(23(27)28,21-17-18-22(25)26)20-16-14-12-10-8-6-4-2/h3-21H2,1-2H3,(H,25,26)(H,27,28)/p-2. The maximum Gasteiger partial charge on any atom is 0.0476 e. The number of aliphatic carboxylic acids is 2. The van der Waals surface area contributed by atoms with Crippen LogP contribution < -0.4 is 10.2 Å². The van der Waals surface area contributed by atoms with E-state index in [1.54, 1.807) is 0 Å². The Morgan fingerprint density at radius 3 is 1.29 bits per heavy atom. The van der Waals surface area contributed by atoms with E-state index >= 15 is 0 Å². The highest BCUT2D eigenvalue weighted by molar-refractivity contribution is 5.72. The van der Waals surface area contributed by atoms with Gasteiger partial charge in [0.1, 0.15) is 0 Å². The van der Waals surface area contributed by atoms with Crippen molar-refractivity contribution in [2.24, 2.45) is 5.41 Å². The zero-order valence-electron chi connectivity index (χ0n) is 18.6. The van der Waals surface area contributed by atoms with E-state index in [0.717, 1.165) is 38.5 Å². The molecule has 0 aliphatic heterocycles. The van der Waals surface area contributed by atoms with Crippen molar-refractivity contribution in [1.82, 2.24) is 0 Å². The summed E-state index contributed by atoms with van der Waals surface area (Å²) in [5.41, 5.74) is -0.859. The fraction of sp³-hybridized carbons (Fsp3) is 0.917. The van der Waals surface area contributed by atoms with Crippen molar-refractivity contribution in [2.45, 2.75) is 136 Å². The molecule has 0 N–H and O–H groups in total. The number of carbonyl (C=O) groups is 2. The van der Waals surface area contributed by atoms with Crippen LogP contribution in [-0.2, 0) is 9.59 Å². The van der Waals surface area contributed by atoms with E-state index in [0.29, 0.717) is 25.7 Å². The Bertz CT molecular complexity index is 374. The second-order valence-electron chi connectivity index (χ2n) is 8.54. The average molecular weight is 397 g/mol. The van der Waals surface area contributed by atoms with E-state index in [2.05, 4.69) is 13.8 Å². The van der Waals surface area contributed by atoms with Crippen molar-refractivity contribution in [3.8, 4) is 0 Å². The molecule has 28 heavy (non-hydrogen) atoms. The van der Waals surface area contributed by atoms with Crippen LogP contribution in [0.5, 0.6) is 0 Å². The number of carboxylic acids is 2. The van der Waals surface area contributed by atoms with E-state index in [-0.39, 0.29) is 6.42 Å². The summed E-state index contributed by atoms with van der Waals surface area (Å²) in [6, 6.07) is 0. The predicted octanol–water partition coefficient (Wildman–Crippen LogP) is 4.92. The second-order valence-corrected chi connectivity index (χ2v) is 8.54. The minimum atomic E-state index is -1.10. The van der Waals surface area contributed by atoms with Crippen LogP contribution in [0.3, 0.4) is 0 Å². The summed E-state index contributed by atoms with van der Waals surface area (Å²) >= 11 is 0. The summed E-state index contributed by atoms with van der Waals surface area (Å²) in [6.07, 6.45) is 18.1. The van der Waals surface area contributed by atoms with Crippen molar-refractivity contribution in [1.29, 1.82) is 0 Å². The summed E-state index contributed by atoms with van der Waals surface area (Å²) in [5, 5.41) is 22.8. The SMILES string of the molecule is CCCCCCCCCC(CCCCCCCCC)(CCCC(=O)[O-])C(=O)[O-]. The zero-order valence-corrected chi connectivity index (χ0v) is 18.6. The Kier molecular flexibility index (Phi) is 17.3. The van der Waals surface area contributed by atoms with Crippen LogP contribution in [0.4, 0.5) is 0 Å². The van der Waals surface area contributed by atoms with E-state index in [4.69, 9.17) is 0 Å². The van der Waals surface area contributed by atoms with Gasteiger partial charge < -0.3 is 19.8 Å². The molecule has 166 valence electrons. The molecule has 0 aliphatic carbocycles. The quantitative estimate of drug-likeness (QED) is 0.258. The van der Waals surface area contributed by atoms with E-state index in [1.165, 1.54) is 51.4 Å². The molecule has 0 heterocycles. The molecular formula is C24H44O4-2. The third-order valence-electron chi connectivity index (χ3n) is 5.99. The molecule has 0 radical (unpaired) electrons. The molecule has 0 aromatic carbocycles. The molecule has 4 nitrogen and oxygen atoms in total. The molecule has 0 saturated heterocycles. The fourth-order valence-corrected chi connectivity index (χ4v) is 4.09. The predicted molar refractivity (Wildman–Crippen MR) is 112 cm³/mol. The van der Waals surface area contributed by atoms with Gasteiger partial charge in [-0.3, -0.25) is 0 Å². The maximum absolute atomic E-state index is 12.0. The Balaban J connectivity index is 4.46. The molecule has 0 atom stereocenters. The van der Waals surface area contributed by atoms with Crippen LogP contribution in [-0.4, -0.2) is 11.9 Å². The Hall–Kier alpha value is -1.06. The highest BCUT2D eigenvalue weighted by atomic mass is 16.4. The first-order chi connectivity index (χ1) is 13.5. The minimum Gasteiger partial charge on any atom is -0.550 e. The third-order valence-corrected chi connectivity index (χ3v) is 5.99. The molecule has 0 rings (SSSR count). The van der Waals surface area contributed by atoms with Crippen LogP contribution in [0, 0.1) is 5.41 Å². The molecule has 0 aliphatic rings. The number of rotatable bonds is 21. The average Bonchev–Trinajstić information content (AvgIpc) is 2.65. The lowest BCUT2D eigenvalue weighted by Gasteiger charge is -2.35. The summed E-state index contributed by atoms with van der Waals surface area (Å²) in [4.78, 5) is 22.8. The van der Waals surface area contributed by atoms with Crippen LogP contribution in [0.1, 0.15) is 136 Å². The van der Waals surface area contributed by atoms with E-state index < -0.39 is 17.4 Å². The van der Waals surface area contributed by atoms with Gasteiger partial charge in [0.15, 0.2) is 0 Å². The summed E-state index contributed by atoms with van der Waals surface area (Å²) in [5.74, 6) is -2.08. The van der Waals surface area contributed by atoms with Crippen molar-refractivity contribution in [3.05, 3.63) is 0 Å². The van der Waals surface area contributed by atoms with Crippen LogP contribution in [0.25, 0.3) is 0 Å². The monoisotopic (exact) mass is 396 g/mol. The molecule has 0 saturated carbocycles. The minimum absolute atomic E-state index is 0.0664. The molecule has 0 fully saturated rings. The molecule has 0 aromatic heterocycles. The van der Waals surface area contributed by atoms with Crippen LogP contribution in [0.15, 0.2) is 0 Å². The highest BCUT2D eigenvalue weighted by Crippen LogP contribution is 2.37. The largest absolute Gasteiger partial charge is 0.550 e. The van der Waals surface area contributed by atoms with Gasteiger partial charge in [0.2, 0.25) is 0 Å². The van der Waals surface area contributed by atoms with Gasteiger partial charge in [-0.2, -0.15) is 0 Å². The number of carboxylic acid groups (broad SMARTS) is 2. The van der Waals surface area contributed by atoms with Crippen LogP contribution >= 0.6 is 0 Å². The molecule has 0 aromatic rings. The van der Waals surface area contributed by atoms with Gasteiger partial charge in [0, 0.05) is 17.4 Å². The van der Waals surface area contributed by atoms with Gasteiger partial charge in [0.25, 0.3) is 0 Å². The smallest absolute Gasteiger partial charge is 0.0476 e. The number of hydrogen-bond donors (Lipinski definition) is 0. The van der Waals surface area contributed by atoms with Gasteiger partial charge in [-0.25, -0.2) is 0 Å². The second kappa shape index (κ2) is 18.0. The van der Waals surface area contributed by atoms with E-state index in [9.17, 15) is 19.8 Å². The Morgan fingerprint density at radius 2 is 0.929 bits per heavy atom. The fourth-order valence-electron chi connectivity index (χ4n) is 4.09. The lowest BCUT2D eigenvalue weighted by molar-refractivity contribution is -0.321. The van der Waals surface area contributed by atoms with Gasteiger partial charge in [0.05, 0.1) is 0 Å². The third kappa shape index (κ3) is 14.0. The van der Waals surface area contributed by atoms with Gasteiger partial charge >= 0.3 is 0 Å². The molecule has 4 heteroatoms. The van der Waals surface area contributed by atoms with Gasteiger partial charge in [-0.1, -0.05) is 104 Å². The molecule has 0 unspecified atom stereocenters. The van der Waals surface area contributed by atoms with E-state index in [1.807, 2.05) is 0 Å². The maximum atomic E-state index is 12.0. The first kappa shape index (κ1) is 26.9. The van der Waals surface area contributed by atoms with Gasteiger partial charge in [-0.15, -0.1) is 0 Å². The molecule has 0 bridgehead atoms. The number of hydrogen-bond acceptors (Lipinski definition) is 4. The molecular weight excluding hydrogens is 352 g/mol. The van der Waals surface area contributed by atoms with Crippen molar-refractivity contribution in [3.63, 3.8) is 0 Å². The first-order valence-corrected chi connectivity index (χ1v) is 11.9. The number of unbranched alkanes of at least 4 members (excludes halogenated alkanes) is 12. The summed E-state index contributed by atoms with van der Waals surface area (Å²) < 4.78 is 0. The Morgan fingerprint density at radius 1 is 0.571 bits per heavy atom. The highest BCUT2D eigenvalue weighted by Gasteiger charge is 2.30. The molecule has 0 spiro atoms. The zero-order chi connectivity index (χ0) is 21.1. The normalized spacial score (nSPS) is 11.6. The lowest BCUT2D eigenvalue weighted by Crippen LogP contribution is -2.42.